The zero-order chi connectivity index (χ0) is 17.0. The van der Waals surface area contributed by atoms with Gasteiger partial charge < -0.3 is 20.1 Å². The molecule has 2 rings (SSSR count). The standard InChI is InChI=1S/C15H17FN2O5/c1-18-8-9(6-13(18)19)14(20)17-7-12(15(21)22)23-11-4-2-10(16)3-5-11/h2-5,9,12H,6-8H2,1H3,(H,17,20)(H,21,22). The lowest BCUT2D eigenvalue weighted by molar-refractivity contribution is -0.145. The monoisotopic (exact) mass is 324 g/mol. The van der Waals surface area contributed by atoms with Crippen LogP contribution in [0.5, 0.6) is 5.75 Å². The summed E-state index contributed by atoms with van der Waals surface area (Å²) >= 11 is 0. The average Bonchev–Trinajstić information content (AvgIpc) is 2.84. The number of carbonyl (C=O) groups excluding carboxylic acids is 2. The van der Waals surface area contributed by atoms with Gasteiger partial charge in [-0.1, -0.05) is 0 Å². The van der Waals surface area contributed by atoms with Crippen molar-refractivity contribution in [3.8, 4) is 5.75 Å². The number of rotatable bonds is 6. The minimum atomic E-state index is -1.31. The van der Waals surface area contributed by atoms with Gasteiger partial charge in [0, 0.05) is 20.0 Å². The van der Waals surface area contributed by atoms with Crippen molar-refractivity contribution in [2.75, 3.05) is 20.1 Å². The number of ether oxygens (including phenoxy) is 1. The van der Waals surface area contributed by atoms with Crippen LogP contribution in [0.15, 0.2) is 24.3 Å². The number of nitrogens with one attached hydrogen (secondary N) is 1. The highest BCUT2D eigenvalue weighted by molar-refractivity contribution is 5.89. The molecule has 23 heavy (non-hydrogen) atoms. The molecule has 1 fully saturated rings. The van der Waals surface area contributed by atoms with Gasteiger partial charge in [-0.2, -0.15) is 0 Å². The molecule has 0 aromatic heterocycles. The van der Waals surface area contributed by atoms with Crippen molar-refractivity contribution in [2.45, 2.75) is 12.5 Å². The average molecular weight is 324 g/mol. The van der Waals surface area contributed by atoms with Gasteiger partial charge in [0.25, 0.3) is 0 Å². The van der Waals surface area contributed by atoms with E-state index in [0.29, 0.717) is 6.54 Å². The maximum atomic E-state index is 12.8. The van der Waals surface area contributed by atoms with E-state index in [4.69, 9.17) is 9.84 Å². The Morgan fingerprint density at radius 3 is 2.61 bits per heavy atom. The molecule has 0 bridgehead atoms. The fraction of sp³-hybridized carbons (Fsp3) is 0.400. The Hall–Kier alpha value is -2.64. The first kappa shape index (κ1) is 16.7. The number of hydrogen-bond acceptors (Lipinski definition) is 4. The van der Waals surface area contributed by atoms with E-state index in [1.165, 1.54) is 17.0 Å². The van der Waals surface area contributed by atoms with Crippen LogP contribution >= 0.6 is 0 Å². The molecule has 1 aliphatic rings. The quantitative estimate of drug-likeness (QED) is 0.782. The van der Waals surface area contributed by atoms with Crippen LogP contribution in [0.25, 0.3) is 0 Å². The van der Waals surface area contributed by atoms with Crippen molar-refractivity contribution in [3.05, 3.63) is 30.1 Å². The fourth-order valence-corrected chi connectivity index (χ4v) is 2.23. The van der Waals surface area contributed by atoms with Gasteiger partial charge in [-0.3, -0.25) is 9.59 Å². The molecule has 1 saturated heterocycles. The molecule has 1 heterocycles. The van der Waals surface area contributed by atoms with Gasteiger partial charge in [-0.15, -0.1) is 0 Å². The lowest BCUT2D eigenvalue weighted by Gasteiger charge is -2.17. The molecular formula is C15H17FN2O5. The van der Waals surface area contributed by atoms with Gasteiger partial charge in [0.2, 0.25) is 17.9 Å². The minimum absolute atomic E-state index is 0.110. The van der Waals surface area contributed by atoms with E-state index in [9.17, 15) is 18.8 Å². The molecule has 2 N–H and O–H groups in total. The lowest BCUT2D eigenvalue weighted by Crippen LogP contribution is -2.42. The maximum absolute atomic E-state index is 12.8. The van der Waals surface area contributed by atoms with Crippen LogP contribution in [-0.4, -0.2) is 54.0 Å². The minimum Gasteiger partial charge on any atom is -0.478 e. The molecule has 2 unspecified atom stereocenters. The zero-order valence-corrected chi connectivity index (χ0v) is 12.5. The maximum Gasteiger partial charge on any atom is 0.346 e. The molecule has 2 atom stereocenters. The molecule has 7 nitrogen and oxygen atoms in total. The topological polar surface area (TPSA) is 95.9 Å². The first-order valence-electron chi connectivity index (χ1n) is 7.03. The van der Waals surface area contributed by atoms with E-state index < -0.39 is 29.7 Å². The predicted octanol–water partition coefficient (Wildman–Crippen LogP) is 0.252. The van der Waals surface area contributed by atoms with E-state index in [1.54, 1.807) is 7.05 Å². The Labute approximate surface area is 132 Å². The third-order valence-electron chi connectivity index (χ3n) is 3.54. The van der Waals surface area contributed by atoms with Gasteiger partial charge in [0.1, 0.15) is 11.6 Å². The highest BCUT2D eigenvalue weighted by atomic mass is 19.1. The van der Waals surface area contributed by atoms with Gasteiger partial charge in [0.15, 0.2) is 0 Å². The van der Waals surface area contributed by atoms with Crippen molar-refractivity contribution in [1.82, 2.24) is 10.2 Å². The molecule has 2 amide bonds. The van der Waals surface area contributed by atoms with Crippen molar-refractivity contribution >= 4 is 17.8 Å². The van der Waals surface area contributed by atoms with Crippen LogP contribution in [0.2, 0.25) is 0 Å². The third-order valence-corrected chi connectivity index (χ3v) is 3.54. The second-order valence-corrected chi connectivity index (χ2v) is 5.32. The number of nitrogens with zero attached hydrogens (tertiary/aromatic N) is 1. The van der Waals surface area contributed by atoms with E-state index in [2.05, 4.69) is 5.32 Å². The zero-order valence-electron chi connectivity index (χ0n) is 12.5. The summed E-state index contributed by atoms with van der Waals surface area (Å²) in [7, 11) is 1.60. The summed E-state index contributed by atoms with van der Waals surface area (Å²) in [4.78, 5) is 36.0. The molecule has 8 heteroatoms. The highest BCUT2D eigenvalue weighted by Gasteiger charge is 2.32. The van der Waals surface area contributed by atoms with Crippen LogP contribution in [0.4, 0.5) is 4.39 Å². The molecular weight excluding hydrogens is 307 g/mol. The Balaban J connectivity index is 1.90. The number of carboxylic acid groups (broad SMARTS) is 1. The smallest absolute Gasteiger partial charge is 0.346 e. The SMILES string of the molecule is CN1CC(C(=O)NCC(Oc2ccc(F)cc2)C(=O)O)CC1=O. The Kier molecular flexibility index (Phi) is 5.15. The Morgan fingerprint density at radius 1 is 1.43 bits per heavy atom. The van der Waals surface area contributed by atoms with Crippen LogP contribution in [0.3, 0.4) is 0 Å². The highest BCUT2D eigenvalue weighted by Crippen LogP contribution is 2.16. The van der Waals surface area contributed by atoms with Gasteiger partial charge >= 0.3 is 5.97 Å². The van der Waals surface area contributed by atoms with E-state index in [1.807, 2.05) is 0 Å². The molecule has 0 saturated carbocycles. The first-order valence-corrected chi connectivity index (χ1v) is 7.03. The summed E-state index contributed by atoms with van der Waals surface area (Å²) in [5.41, 5.74) is 0. The van der Waals surface area contributed by atoms with Gasteiger partial charge in [-0.25, -0.2) is 9.18 Å². The summed E-state index contributed by atoms with van der Waals surface area (Å²) in [5, 5.41) is 11.6. The van der Waals surface area contributed by atoms with Crippen LogP contribution in [0, 0.1) is 11.7 Å². The summed E-state index contributed by atoms with van der Waals surface area (Å²) < 4.78 is 18.0. The number of amides is 2. The lowest BCUT2D eigenvalue weighted by atomic mass is 10.1. The third kappa shape index (κ3) is 4.41. The first-order chi connectivity index (χ1) is 10.9. The summed E-state index contributed by atoms with van der Waals surface area (Å²) in [6.45, 7) is 0.0567. The molecule has 0 aliphatic carbocycles. The van der Waals surface area contributed by atoms with E-state index >= 15 is 0 Å². The van der Waals surface area contributed by atoms with Crippen molar-refractivity contribution in [1.29, 1.82) is 0 Å². The van der Waals surface area contributed by atoms with Crippen molar-refractivity contribution in [2.24, 2.45) is 5.92 Å². The second kappa shape index (κ2) is 7.08. The molecule has 0 radical (unpaired) electrons. The van der Waals surface area contributed by atoms with Crippen LogP contribution in [0.1, 0.15) is 6.42 Å². The normalized spacial score (nSPS) is 18.6. The molecule has 124 valence electrons. The van der Waals surface area contributed by atoms with Crippen LogP contribution < -0.4 is 10.1 Å². The fourth-order valence-electron chi connectivity index (χ4n) is 2.23. The molecule has 0 spiro atoms. The molecule has 1 aromatic rings. The Bertz CT molecular complexity index is 604. The molecule has 1 aromatic carbocycles. The number of carbonyl (C=O) groups is 3. The van der Waals surface area contributed by atoms with Crippen molar-refractivity contribution < 1.29 is 28.6 Å². The van der Waals surface area contributed by atoms with Gasteiger partial charge in [-0.05, 0) is 24.3 Å². The number of hydrogen-bond donors (Lipinski definition) is 2. The van der Waals surface area contributed by atoms with Gasteiger partial charge in [0.05, 0.1) is 12.5 Å². The predicted molar refractivity (Wildman–Crippen MR) is 77.2 cm³/mol. The number of aliphatic carboxylic acids is 1. The summed E-state index contributed by atoms with van der Waals surface area (Å²) in [6, 6.07) is 4.90. The number of carboxylic acids is 1. The van der Waals surface area contributed by atoms with E-state index in [-0.39, 0.29) is 24.6 Å². The van der Waals surface area contributed by atoms with Crippen LogP contribution in [-0.2, 0) is 14.4 Å². The van der Waals surface area contributed by atoms with Crippen molar-refractivity contribution in [3.63, 3.8) is 0 Å². The Morgan fingerprint density at radius 2 is 2.09 bits per heavy atom. The second-order valence-electron chi connectivity index (χ2n) is 5.32. The summed E-state index contributed by atoms with van der Waals surface area (Å²) in [5.74, 6) is -2.54. The number of halogens is 1. The largest absolute Gasteiger partial charge is 0.478 e. The molecule has 1 aliphatic heterocycles. The number of benzene rings is 1. The number of likely N-dealkylation sites (tertiary alicyclic amines) is 1. The van der Waals surface area contributed by atoms with E-state index in [0.717, 1.165) is 12.1 Å². The summed E-state index contributed by atoms with van der Waals surface area (Å²) in [6.07, 6.45) is -1.20.